The molecule has 3 aliphatic heterocycles. The topological polar surface area (TPSA) is 91.1 Å². The molecule has 3 aliphatic rings. The van der Waals surface area contributed by atoms with Crippen molar-refractivity contribution in [3.05, 3.63) is 12.2 Å². The highest BCUT2D eigenvalue weighted by Gasteiger charge is 2.60. The van der Waals surface area contributed by atoms with Crippen LogP contribution in [-0.4, -0.2) is 68.4 Å². The molecule has 2 N–H and O–H groups in total. The second-order valence-electron chi connectivity index (χ2n) is 5.34. The first-order valence-corrected chi connectivity index (χ1v) is 7.28. The van der Waals surface area contributed by atoms with Crippen LogP contribution in [0.15, 0.2) is 12.2 Å². The molecule has 0 aromatic heterocycles. The summed E-state index contributed by atoms with van der Waals surface area (Å²) in [5, 5.41) is 0. The van der Waals surface area contributed by atoms with Gasteiger partial charge in [0.15, 0.2) is 0 Å². The number of imide groups is 1. The molecule has 21 heavy (non-hydrogen) atoms. The van der Waals surface area contributed by atoms with E-state index in [1.165, 1.54) is 4.90 Å². The van der Waals surface area contributed by atoms with Crippen LogP contribution in [0.1, 0.15) is 0 Å². The van der Waals surface area contributed by atoms with Gasteiger partial charge in [0, 0.05) is 6.54 Å². The summed E-state index contributed by atoms with van der Waals surface area (Å²) in [5.41, 5.74) is 5.29. The van der Waals surface area contributed by atoms with Crippen molar-refractivity contribution in [3.8, 4) is 0 Å². The summed E-state index contributed by atoms with van der Waals surface area (Å²) in [5.74, 6) is -0.935. The lowest BCUT2D eigenvalue weighted by atomic mass is 9.85. The molecule has 3 heterocycles. The lowest BCUT2D eigenvalue weighted by molar-refractivity contribution is -0.143. The van der Waals surface area contributed by atoms with Crippen LogP contribution < -0.4 is 5.73 Å². The van der Waals surface area contributed by atoms with E-state index in [-0.39, 0.29) is 35.9 Å². The SMILES string of the molecule is NCCOCCOCCN1C(=O)C2C3C=CC(O3)C2C1=O. The van der Waals surface area contributed by atoms with Gasteiger partial charge in [-0.3, -0.25) is 14.5 Å². The van der Waals surface area contributed by atoms with E-state index >= 15 is 0 Å². The molecule has 2 saturated heterocycles. The number of likely N-dealkylation sites (tertiary alicyclic amines) is 1. The Bertz CT molecular complexity index is 423. The van der Waals surface area contributed by atoms with Gasteiger partial charge in [0.05, 0.1) is 57.0 Å². The number of nitrogens with zero attached hydrogens (tertiary/aromatic N) is 1. The summed E-state index contributed by atoms with van der Waals surface area (Å²) in [6, 6.07) is 0. The molecule has 2 fully saturated rings. The number of fused-ring (bicyclic) bond motifs is 5. The minimum absolute atomic E-state index is 0.134. The van der Waals surface area contributed by atoms with E-state index in [4.69, 9.17) is 19.9 Å². The van der Waals surface area contributed by atoms with Gasteiger partial charge in [0.2, 0.25) is 11.8 Å². The third kappa shape index (κ3) is 2.62. The zero-order valence-corrected chi connectivity index (χ0v) is 11.8. The van der Waals surface area contributed by atoms with Crippen molar-refractivity contribution in [3.63, 3.8) is 0 Å². The highest BCUT2D eigenvalue weighted by atomic mass is 16.5. The normalized spacial score (nSPS) is 33.3. The first kappa shape index (κ1) is 14.6. The van der Waals surface area contributed by atoms with Gasteiger partial charge >= 0.3 is 0 Å². The van der Waals surface area contributed by atoms with Crippen molar-refractivity contribution in [1.82, 2.24) is 4.90 Å². The second kappa shape index (κ2) is 6.23. The highest BCUT2D eigenvalue weighted by Crippen LogP contribution is 2.44. The third-order valence-corrected chi connectivity index (χ3v) is 4.10. The molecule has 0 spiro atoms. The average molecular weight is 296 g/mol. The van der Waals surface area contributed by atoms with Crippen molar-refractivity contribution in [2.24, 2.45) is 17.6 Å². The molecule has 116 valence electrons. The van der Waals surface area contributed by atoms with E-state index in [9.17, 15) is 9.59 Å². The molecule has 0 aromatic rings. The lowest BCUT2D eigenvalue weighted by Crippen LogP contribution is -2.37. The first-order valence-electron chi connectivity index (χ1n) is 7.28. The fraction of sp³-hybridized carbons (Fsp3) is 0.714. The maximum atomic E-state index is 12.3. The molecule has 3 rings (SSSR count). The molecule has 0 saturated carbocycles. The Morgan fingerprint density at radius 2 is 1.57 bits per heavy atom. The predicted molar refractivity (Wildman–Crippen MR) is 72.2 cm³/mol. The van der Waals surface area contributed by atoms with E-state index in [1.54, 1.807) is 0 Å². The molecule has 4 unspecified atom stereocenters. The second-order valence-corrected chi connectivity index (χ2v) is 5.34. The van der Waals surface area contributed by atoms with Gasteiger partial charge in [0.1, 0.15) is 0 Å². The van der Waals surface area contributed by atoms with Crippen LogP contribution in [0.4, 0.5) is 0 Å². The number of amides is 2. The maximum Gasteiger partial charge on any atom is 0.236 e. The van der Waals surface area contributed by atoms with E-state index in [0.29, 0.717) is 39.5 Å². The predicted octanol–water partition coefficient (Wildman–Crippen LogP) is -1.08. The Morgan fingerprint density at radius 1 is 1.00 bits per heavy atom. The van der Waals surface area contributed by atoms with Crippen LogP contribution in [0.2, 0.25) is 0 Å². The molecule has 7 heteroatoms. The quantitative estimate of drug-likeness (QED) is 0.348. The zero-order chi connectivity index (χ0) is 14.8. The number of carbonyl (C=O) groups is 2. The molecule has 0 radical (unpaired) electrons. The van der Waals surface area contributed by atoms with Crippen molar-refractivity contribution < 1.29 is 23.8 Å². The van der Waals surface area contributed by atoms with Gasteiger partial charge in [-0.1, -0.05) is 12.2 Å². The molecular weight excluding hydrogens is 276 g/mol. The highest BCUT2D eigenvalue weighted by molar-refractivity contribution is 6.06. The Morgan fingerprint density at radius 3 is 2.14 bits per heavy atom. The van der Waals surface area contributed by atoms with Gasteiger partial charge in [-0.2, -0.15) is 0 Å². The van der Waals surface area contributed by atoms with Gasteiger partial charge in [-0.05, 0) is 0 Å². The number of nitrogens with two attached hydrogens (primary N) is 1. The molecular formula is C14H20N2O5. The van der Waals surface area contributed by atoms with Crippen LogP contribution in [-0.2, 0) is 23.8 Å². The molecule has 0 aromatic carbocycles. The summed E-state index contributed by atoms with van der Waals surface area (Å²) < 4.78 is 16.1. The summed E-state index contributed by atoms with van der Waals surface area (Å²) in [4.78, 5) is 25.9. The van der Waals surface area contributed by atoms with Crippen molar-refractivity contribution >= 4 is 11.8 Å². The summed E-state index contributed by atoms with van der Waals surface area (Å²) >= 11 is 0. The number of hydrogen-bond acceptors (Lipinski definition) is 6. The zero-order valence-electron chi connectivity index (χ0n) is 11.8. The van der Waals surface area contributed by atoms with Crippen LogP contribution in [0, 0.1) is 11.8 Å². The number of hydrogen-bond donors (Lipinski definition) is 1. The van der Waals surface area contributed by atoms with E-state index in [0.717, 1.165) is 0 Å². The largest absolute Gasteiger partial charge is 0.378 e. The summed E-state index contributed by atoms with van der Waals surface area (Å²) in [6.45, 7) is 2.50. The van der Waals surface area contributed by atoms with Gasteiger partial charge in [-0.25, -0.2) is 0 Å². The maximum absolute atomic E-state index is 12.3. The monoisotopic (exact) mass is 296 g/mol. The Balaban J connectivity index is 1.43. The van der Waals surface area contributed by atoms with E-state index < -0.39 is 0 Å². The smallest absolute Gasteiger partial charge is 0.236 e. The molecule has 2 bridgehead atoms. The average Bonchev–Trinajstić information content (AvgIpc) is 3.15. The van der Waals surface area contributed by atoms with Crippen molar-refractivity contribution in [2.75, 3.05) is 39.5 Å². The molecule has 0 aliphatic carbocycles. The van der Waals surface area contributed by atoms with Crippen molar-refractivity contribution in [1.29, 1.82) is 0 Å². The summed E-state index contributed by atoms with van der Waals surface area (Å²) in [7, 11) is 0. The van der Waals surface area contributed by atoms with Crippen LogP contribution in [0.25, 0.3) is 0 Å². The molecule has 4 atom stereocenters. The summed E-state index contributed by atoms with van der Waals surface area (Å²) in [6.07, 6.45) is 3.30. The van der Waals surface area contributed by atoms with Crippen LogP contribution >= 0.6 is 0 Å². The first-order chi connectivity index (χ1) is 10.2. The number of rotatable bonds is 8. The number of ether oxygens (including phenoxy) is 3. The lowest BCUT2D eigenvalue weighted by Gasteiger charge is -2.17. The Hall–Kier alpha value is -1.28. The van der Waals surface area contributed by atoms with Crippen LogP contribution in [0.3, 0.4) is 0 Å². The van der Waals surface area contributed by atoms with Crippen LogP contribution in [0.5, 0.6) is 0 Å². The minimum Gasteiger partial charge on any atom is -0.378 e. The number of carbonyl (C=O) groups excluding carboxylic acids is 2. The molecule has 7 nitrogen and oxygen atoms in total. The third-order valence-electron chi connectivity index (χ3n) is 4.10. The fourth-order valence-electron chi connectivity index (χ4n) is 3.15. The minimum atomic E-state index is -0.333. The van der Waals surface area contributed by atoms with E-state index in [2.05, 4.69) is 0 Å². The molecule has 2 amide bonds. The van der Waals surface area contributed by atoms with Gasteiger partial charge < -0.3 is 19.9 Å². The standard InChI is InChI=1S/C14H20N2O5/c15-3-5-19-7-8-20-6-4-16-13(17)11-9-1-2-10(21-9)12(11)14(16)18/h1-2,9-12H,3-8,15H2. The van der Waals surface area contributed by atoms with Gasteiger partial charge in [0.25, 0.3) is 0 Å². The van der Waals surface area contributed by atoms with E-state index in [1.807, 2.05) is 12.2 Å². The van der Waals surface area contributed by atoms with Crippen molar-refractivity contribution in [2.45, 2.75) is 12.2 Å². The Labute approximate surface area is 123 Å². The van der Waals surface area contributed by atoms with Gasteiger partial charge in [-0.15, -0.1) is 0 Å². The Kier molecular flexibility index (Phi) is 4.34. The fourth-order valence-corrected chi connectivity index (χ4v) is 3.15.